The Labute approximate surface area is 214 Å². The number of anilines is 1. The lowest BCUT2D eigenvalue weighted by molar-refractivity contribution is -0.118. The molecule has 0 radical (unpaired) electrons. The Kier molecular flexibility index (Phi) is 7.42. The van der Waals surface area contributed by atoms with E-state index >= 15 is 8.78 Å². The highest BCUT2D eigenvalue weighted by Crippen LogP contribution is 2.36. The topological polar surface area (TPSA) is 89.9 Å². The van der Waals surface area contributed by atoms with Gasteiger partial charge in [0, 0.05) is 48.5 Å². The molecule has 1 saturated heterocycles. The molecular weight excluding hydrogens is 510 g/mol. The quantitative estimate of drug-likeness (QED) is 0.470. The van der Waals surface area contributed by atoms with Crippen molar-refractivity contribution in [1.82, 2.24) is 9.88 Å². The van der Waals surface area contributed by atoms with Crippen LogP contribution in [0.3, 0.4) is 0 Å². The summed E-state index contributed by atoms with van der Waals surface area (Å²) >= 11 is 0. The van der Waals surface area contributed by atoms with Crippen LogP contribution in [0.25, 0.3) is 0 Å². The predicted octanol–water partition coefficient (Wildman–Crippen LogP) is 3.51. The van der Waals surface area contributed by atoms with Crippen LogP contribution < -0.4 is 25.2 Å². The first kappa shape index (κ1) is 26.7. The molecule has 2 atom stereocenters. The van der Waals surface area contributed by atoms with Crippen molar-refractivity contribution in [2.45, 2.75) is 25.5 Å². The van der Waals surface area contributed by atoms with E-state index in [1.54, 1.807) is 13.0 Å². The number of carbonyl (C=O) groups excluding carboxylic acids is 2. The van der Waals surface area contributed by atoms with Gasteiger partial charge < -0.3 is 24.3 Å². The van der Waals surface area contributed by atoms with Crippen LogP contribution in [0.1, 0.15) is 27.5 Å². The van der Waals surface area contributed by atoms with Crippen LogP contribution in [0.4, 0.5) is 23.2 Å². The van der Waals surface area contributed by atoms with E-state index in [0.29, 0.717) is 5.69 Å². The third kappa shape index (κ3) is 5.06. The Morgan fingerprint density at radius 1 is 1.03 bits per heavy atom. The van der Waals surface area contributed by atoms with Crippen molar-refractivity contribution in [3.8, 4) is 11.5 Å². The third-order valence-corrected chi connectivity index (χ3v) is 6.43. The van der Waals surface area contributed by atoms with Crippen LogP contribution in [-0.2, 0) is 11.8 Å². The molecule has 1 N–H and O–H groups in total. The Morgan fingerprint density at radius 3 is 2.24 bits per heavy atom. The molecule has 2 aromatic carbocycles. The minimum Gasteiger partial charge on any atom is -0.497 e. The molecule has 8 nitrogen and oxygen atoms in total. The number of ether oxygens (including phenoxy) is 2. The Bertz CT molecular complexity index is 1420. The zero-order valence-corrected chi connectivity index (χ0v) is 20.5. The van der Waals surface area contributed by atoms with Gasteiger partial charge in [0.1, 0.15) is 34.9 Å². The van der Waals surface area contributed by atoms with Crippen molar-refractivity contribution in [3.05, 3.63) is 87.3 Å². The zero-order valence-electron chi connectivity index (χ0n) is 20.5. The van der Waals surface area contributed by atoms with Crippen LogP contribution >= 0.6 is 0 Å². The maximum absolute atomic E-state index is 15.1. The summed E-state index contributed by atoms with van der Waals surface area (Å²) in [5.41, 5.74) is -0.379. The fourth-order valence-electron chi connectivity index (χ4n) is 4.33. The van der Waals surface area contributed by atoms with Crippen molar-refractivity contribution < 1.29 is 36.6 Å². The second-order valence-corrected chi connectivity index (χ2v) is 8.64. The van der Waals surface area contributed by atoms with Crippen LogP contribution in [0.2, 0.25) is 0 Å². The molecule has 2 heterocycles. The van der Waals surface area contributed by atoms with Crippen molar-refractivity contribution in [3.63, 3.8) is 0 Å². The molecule has 4 rings (SSSR count). The van der Waals surface area contributed by atoms with Crippen molar-refractivity contribution >= 4 is 17.5 Å². The molecule has 0 saturated carbocycles. The minimum atomic E-state index is -3.05. The van der Waals surface area contributed by atoms with Gasteiger partial charge in [-0.05, 0) is 43.3 Å². The molecule has 0 unspecified atom stereocenters. The fraction of sp³-hybridized carbons (Fsp3) is 0.269. The van der Waals surface area contributed by atoms with Gasteiger partial charge in [-0.15, -0.1) is 0 Å². The number of benzene rings is 2. The van der Waals surface area contributed by atoms with Crippen LogP contribution in [0.5, 0.6) is 11.5 Å². The molecule has 1 aliphatic heterocycles. The van der Waals surface area contributed by atoms with E-state index in [4.69, 9.17) is 4.74 Å². The van der Waals surface area contributed by atoms with Crippen LogP contribution in [0.15, 0.2) is 53.3 Å². The number of hydrogen-bond donors (Lipinski definition) is 1. The van der Waals surface area contributed by atoms with Gasteiger partial charge in [-0.1, -0.05) is 0 Å². The lowest BCUT2D eigenvalue weighted by Crippen LogP contribution is -2.44. The molecule has 1 aromatic heterocycles. The molecule has 0 bridgehead atoms. The molecule has 12 heteroatoms. The van der Waals surface area contributed by atoms with Gasteiger partial charge in [-0.25, -0.2) is 8.78 Å². The Morgan fingerprint density at radius 2 is 1.66 bits per heavy atom. The minimum absolute atomic E-state index is 0.0152. The number of carbonyl (C=O) groups is 2. The summed E-state index contributed by atoms with van der Waals surface area (Å²) in [7, 11) is 2.76. The molecule has 38 heavy (non-hydrogen) atoms. The number of amides is 2. The lowest BCUT2D eigenvalue weighted by atomic mass is 9.92. The number of halogens is 4. The largest absolute Gasteiger partial charge is 0.497 e. The smallest absolute Gasteiger partial charge is 0.387 e. The number of aromatic nitrogens is 1. The monoisotopic (exact) mass is 533 g/mol. The summed E-state index contributed by atoms with van der Waals surface area (Å²) in [6.07, 6.45) is 0. The lowest BCUT2D eigenvalue weighted by Gasteiger charge is -2.20. The molecule has 0 spiro atoms. The first-order valence-corrected chi connectivity index (χ1v) is 11.4. The van der Waals surface area contributed by atoms with Crippen molar-refractivity contribution in [2.24, 2.45) is 7.05 Å². The van der Waals surface area contributed by atoms with E-state index in [2.05, 4.69) is 10.1 Å². The second-order valence-electron chi connectivity index (χ2n) is 8.64. The van der Waals surface area contributed by atoms with E-state index in [0.717, 1.165) is 29.2 Å². The Hall–Kier alpha value is -4.35. The van der Waals surface area contributed by atoms with Gasteiger partial charge in [0.05, 0.1) is 7.11 Å². The average molecular weight is 533 g/mol. The molecule has 200 valence electrons. The number of alkyl halides is 2. The first-order chi connectivity index (χ1) is 18.0. The number of nitrogens with zero attached hydrogens (tertiary/aromatic N) is 2. The molecular formula is C26H23F4N3O5. The summed E-state index contributed by atoms with van der Waals surface area (Å²) in [6.45, 7) is -1.66. The van der Waals surface area contributed by atoms with Crippen molar-refractivity contribution in [1.29, 1.82) is 0 Å². The number of methoxy groups -OCH3 is 1. The van der Waals surface area contributed by atoms with Gasteiger partial charge in [-0.3, -0.25) is 14.4 Å². The van der Waals surface area contributed by atoms with E-state index in [1.807, 2.05) is 0 Å². The number of pyridine rings is 1. The molecule has 0 aliphatic carbocycles. The maximum atomic E-state index is 15.1. The van der Waals surface area contributed by atoms with Gasteiger partial charge in [0.2, 0.25) is 5.91 Å². The standard InChI is InChI=1S/C26H23F4N3O5/c1-13-4-9-20(24(35)32(13)2)33-12-17(21-18(27)10-16(37-3)11-19(21)28)22(25(33)36)31-23(34)14-5-7-15(8-6-14)38-26(29)30/h4-11,17,22,26H,12H2,1-3H3,(H,31,34)/t17-,22-/m0/s1. The van der Waals surface area contributed by atoms with Gasteiger partial charge >= 0.3 is 6.61 Å². The van der Waals surface area contributed by atoms with Gasteiger partial charge in [0.15, 0.2) is 0 Å². The second kappa shape index (κ2) is 10.6. The van der Waals surface area contributed by atoms with Gasteiger partial charge in [-0.2, -0.15) is 8.78 Å². The number of aryl methyl sites for hydroxylation is 1. The molecule has 1 fully saturated rings. The van der Waals surface area contributed by atoms with E-state index in [9.17, 15) is 23.2 Å². The van der Waals surface area contributed by atoms with E-state index < -0.39 is 53.1 Å². The van der Waals surface area contributed by atoms with Gasteiger partial charge in [0.25, 0.3) is 11.5 Å². The number of rotatable bonds is 7. The zero-order chi connectivity index (χ0) is 27.7. The highest BCUT2D eigenvalue weighted by molar-refractivity contribution is 6.05. The maximum Gasteiger partial charge on any atom is 0.387 e. The summed E-state index contributed by atoms with van der Waals surface area (Å²) in [6, 6.07) is 8.17. The SMILES string of the molecule is COc1cc(F)c([C@@H]2CN(c3ccc(C)n(C)c3=O)C(=O)[C@H]2NC(=O)c2ccc(OC(F)F)cc2)c(F)c1. The average Bonchev–Trinajstić information content (AvgIpc) is 3.17. The van der Waals surface area contributed by atoms with Crippen LogP contribution in [0, 0.1) is 18.6 Å². The molecule has 3 aromatic rings. The summed E-state index contributed by atoms with van der Waals surface area (Å²) in [5.74, 6) is -5.03. The summed E-state index contributed by atoms with van der Waals surface area (Å²) < 4.78 is 65.5. The van der Waals surface area contributed by atoms with Crippen LogP contribution in [-0.4, -0.2) is 42.7 Å². The number of hydrogen-bond acceptors (Lipinski definition) is 5. The normalized spacial score (nSPS) is 17.2. The highest BCUT2D eigenvalue weighted by Gasteiger charge is 2.46. The number of nitrogens with one attached hydrogen (secondary N) is 1. The highest BCUT2D eigenvalue weighted by atomic mass is 19.3. The molecule has 2 amide bonds. The third-order valence-electron chi connectivity index (χ3n) is 6.43. The van der Waals surface area contributed by atoms with Crippen molar-refractivity contribution in [2.75, 3.05) is 18.6 Å². The fourth-order valence-corrected chi connectivity index (χ4v) is 4.33. The summed E-state index contributed by atoms with van der Waals surface area (Å²) in [4.78, 5) is 40.5. The summed E-state index contributed by atoms with van der Waals surface area (Å²) in [5, 5.41) is 2.49. The van der Waals surface area contributed by atoms with E-state index in [1.165, 1.54) is 36.9 Å². The van der Waals surface area contributed by atoms with E-state index in [-0.39, 0.29) is 29.3 Å². The predicted molar refractivity (Wildman–Crippen MR) is 129 cm³/mol. The first-order valence-electron chi connectivity index (χ1n) is 11.4. The molecule has 1 aliphatic rings. The Balaban J connectivity index is 1.72.